The molecule has 4 heteroatoms. The lowest BCUT2D eigenvalue weighted by atomic mass is 10.2. The van der Waals surface area contributed by atoms with E-state index in [1.165, 1.54) is 6.20 Å². The molecule has 0 spiro atoms. The summed E-state index contributed by atoms with van der Waals surface area (Å²) in [6.45, 7) is 4.12. The van der Waals surface area contributed by atoms with Crippen molar-refractivity contribution in [3.63, 3.8) is 0 Å². The lowest BCUT2D eigenvalue weighted by Gasteiger charge is -2.03. The summed E-state index contributed by atoms with van der Waals surface area (Å²) in [5.41, 5.74) is 0.401. The van der Waals surface area contributed by atoms with Gasteiger partial charge in [-0.15, -0.1) is 6.58 Å². The third-order valence-corrected chi connectivity index (χ3v) is 1.98. The predicted octanol–water partition coefficient (Wildman–Crippen LogP) is 2.04. The van der Waals surface area contributed by atoms with Gasteiger partial charge in [-0.2, -0.15) is 0 Å². The fraction of sp³-hybridized carbons (Fsp3) is 0.200. The highest BCUT2D eigenvalue weighted by Crippen LogP contribution is 2.12. The molecule has 1 aromatic heterocycles. The molecule has 1 aromatic rings. The van der Waals surface area contributed by atoms with Gasteiger partial charge in [0.2, 0.25) is 0 Å². The highest BCUT2D eigenvalue weighted by atomic mass is 35.5. The molecule has 0 fully saturated rings. The molecule has 1 amide bonds. The van der Waals surface area contributed by atoms with E-state index >= 15 is 0 Å². The van der Waals surface area contributed by atoms with Gasteiger partial charge in [0.1, 0.15) is 0 Å². The molecule has 74 valence electrons. The van der Waals surface area contributed by atoms with Gasteiger partial charge < -0.3 is 5.32 Å². The molecule has 0 aromatic carbocycles. The van der Waals surface area contributed by atoms with Crippen molar-refractivity contribution in [1.29, 1.82) is 0 Å². The summed E-state index contributed by atoms with van der Waals surface area (Å²) in [6.07, 6.45) is 5.48. The standard InChI is InChI=1S/C10H11ClN2O/c1-2-3-5-13-10(14)8-7-12-6-4-9(8)11/h2,4,6-7H,1,3,5H2,(H,13,14). The van der Waals surface area contributed by atoms with Gasteiger partial charge >= 0.3 is 0 Å². The first kappa shape index (κ1) is 10.7. The molecule has 0 aliphatic heterocycles. The average molecular weight is 211 g/mol. The third kappa shape index (κ3) is 2.85. The van der Waals surface area contributed by atoms with E-state index in [-0.39, 0.29) is 5.91 Å². The number of pyridine rings is 1. The smallest absolute Gasteiger partial charge is 0.254 e. The Morgan fingerprint density at radius 1 is 1.71 bits per heavy atom. The van der Waals surface area contributed by atoms with Crippen LogP contribution in [0.15, 0.2) is 31.1 Å². The fourth-order valence-corrected chi connectivity index (χ4v) is 1.12. The van der Waals surface area contributed by atoms with E-state index in [9.17, 15) is 4.79 Å². The Morgan fingerprint density at radius 2 is 2.50 bits per heavy atom. The highest BCUT2D eigenvalue weighted by molar-refractivity contribution is 6.33. The molecule has 1 heterocycles. The minimum Gasteiger partial charge on any atom is -0.352 e. The van der Waals surface area contributed by atoms with Crippen LogP contribution in [-0.2, 0) is 0 Å². The van der Waals surface area contributed by atoms with Crippen molar-refractivity contribution in [2.24, 2.45) is 0 Å². The first-order valence-electron chi connectivity index (χ1n) is 4.24. The first-order valence-corrected chi connectivity index (χ1v) is 4.62. The predicted molar refractivity (Wildman–Crippen MR) is 56.4 cm³/mol. The highest BCUT2D eigenvalue weighted by Gasteiger charge is 2.08. The van der Waals surface area contributed by atoms with Crippen LogP contribution in [0.1, 0.15) is 16.8 Å². The fourth-order valence-electron chi connectivity index (χ4n) is 0.928. The molecular formula is C10H11ClN2O. The Bertz CT molecular complexity index is 339. The number of nitrogens with one attached hydrogen (secondary N) is 1. The second-order valence-corrected chi connectivity index (χ2v) is 3.10. The van der Waals surface area contributed by atoms with E-state index in [0.29, 0.717) is 17.1 Å². The number of halogens is 1. The number of carbonyl (C=O) groups excluding carboxylic acids is 1. The van der Waals surface area contributed by atoms with Gasteiger partial charge in [0.25, 0.3) is 5.91 Å². The van der Waals surface area contributed by atoms with Gasteiger partial charge in [-0.3, -0.25) is 9.78 Å². The van der Waals surface area contributed by atoms with E-state index in [0.717, 1.165) is 6.42 Å². The summed E-state index contributed by atoms with van der Waals surface area (Å²) >= 11 is 5.81. The summed E-state index contributed by atoms with van der Waals surface area (Å²) in [7, 11) is 0. The minimum atomic E-state index is -0.204. The summed E-state index contributed by atoms with van der Waals surface area (Å²) < 4.78 is 0. The Balaban J connectivity index is 2.60. The van der Waals surface area contributed by atoms with Crippen LogP contribution in [0, 0.1) is 0 Å². The zero-order chi connectivity index (χ0) is 10.4. The average Bonchev–Trinajstić information content (AvgIpc) is 2.18. The van der Waals surface area contributed by atoms with Crippen LogP contribution in [0.2, 0.25) is 5.02 Å². The van der Waals surface area contributed by atoms with Crippen LogP contribution in [0.4, 0.5) is 0 Å². The number of hydrogen-bond donors (Lipinski definition) is 1. The maximum atomic E-state index is 11.5. The molecule has 0 aliphatic rings. The molecule has 0 saturated carbocycles. The molecule has 3 nitrogen and oxygen atoms in total. The van der Waals surface area contributed by atoms with Gasteiger partial charge in [0.15, 0.2) is 0 Å². The normalized spacial score (nSPS) is 9.50. The second kappa shape index (κ2) is 5.40. The van der Waals surface area contributed by atoms with Crippen LogP contribution in [0.3, 0.4) is 0 Å². The minimum absolute atomic E-state index is 0.204. The van der Waals surface area contributed by atoms with E-state index in [1.807, 2.05) is 0 Å². The van der Waals surface area contributed by atoms with Crippen molar-refractivity contribution < 1.29 is 4.79 Å². The summed E-state index contributed by atoms with van der Waals surface area (Å²) in [5, 5.41) is 3.12. The molecule has 1 N–H and O–H groups in total. The first-order chi connectivity index (χ1) is 6.75. The van der Waals surface area contributed by atoms with Crippen molar-refractivity contribution in [3.8, 4) is 0 Å². The molecule has 0 bridgehead atoms. The van der Waals surface area contributed by atoms with Gasteiger partial charge in [0.05, 0.1) is 10.6 Å². The summed E-state index contributed by atoms with van der Waals surface area (Å²) in [4.78, 5) is 15.3. The molecule has 0 atom stereocenters. The maximum Gasteiger partial charge on any atom is 0.254 e. The SMILES string of the molecule is C=CCCNC(=O)c1cnccc1Cl. The maximum absolute atomic E-state index is 11.5. The second-order valence-electron chi connectivity index (χ2n) is 2.69. The number of nitrogens with zero attached hydrogens (tertiary/aromatic N) is 1. The van der Waals surface area contributed by atoms with Crippen molar-refractivity contribution >= 4 is 17.5 Å². The van der Waals surface area contributed by atoms with Gasteiger partial charge in [-0.25, -0.2) is 0 Å². The molecule has 1 rings (SSSR count). The Kier molecular flexibility index (Phi) is 4.13. The zero-order valence-corrected chi connectivity index (χ0v) is 8.42. The third-order valence-electron chi connectivity index (χ3n) is 1.65. The number of carbonyl (C=O) groups is 1. The van der Waals surface area contributed by atoms with E-state index in [1.54, 1.807) is 18.3 Å². The Morgan fingerprint density at radius 3 is 3.14 bits per heavy atom. The van der Waals surface area contributed by atoms with Crippen LogP contribution < -0.4 is 5.32 Å². The van der Waals surface area contributed by atoms with Crippen molar-refractivity contribution in [3.05, 3.63) is 41.7 Å². The van der Waals surface area contributed by atoms with Crippen molar-refractivity contribution in [1.82, 2.24) is 10.3 Å². The van der Waals surface area contributed by atoms with Crippen molar-refractivity contribution in [2.45, 2.75) is 6.42 Å². The van der Waals surface area contributed by atoms with Crippen LogP contribution in [0.5, 0.6) is 0 Å². The molecule has 14 heavy (non-hydrogen) atoms. The Hall–Kier alpha value is -1.35. The molecule has 0 saturated heterocycles. The molecule has 0 unspecified atom stereocenters. The van der Waals surface area contributed by atoms with Gasteiger partial charge in [0, 0.05) is 18.9 Å². The zero-order valence-electron chi connectivity index (χ0n) is 7.66. The van der Waals surface area contributed by atoms with Crippen molar-refractivity contribution in [2.75, 3.05) is 6.54 Å². The summed E-state index contributed by atoms with van der Waals surface area (Å²) in [5.74, 6) is -0.204. The molecular weight excluding hydrogens is 200 g/mol. The number of rotatable bonds is 4. The number of aromatic nitrogens is 1. The monoisotopic (exact) mass is 210 g/mol. The van der Waals surface area contributed by atoms with E-state index in [2.05, 4.69) is 16.9 Å². The lowest BCUT2D eigenvalue weighted by molar-refractivity contribution is 0.0954. The number of amides is 1. The van der Waals surface area contributed by atoms with Crippen LogP contribution >= 0.6 is 11.6 Å². The summed E-state index contributed by atoms with van der Waals surface area (Å²) in [6, 6.07) is 1.59. The topological polar surface area (TPSA) is 42.0 Å². The van der Waals surface area contributed by atoms with E-state index in [4.69, 9.17) is 11.6 Å². The number of hydrogen-bond acceptors (Lipinski definition) is 2. The largest absolute Gasteiger partial charge is 0.352 e. The van der Waals surface area contributed by atoms with E-state index < -0.39 is 0 Å². The van der Waals surface area contributed by atoms with Crippen LogP contribution in [0.25, 0.3) is 0 Å². The van der Waals surface area contributed by atoms with Crippen LogP contribution in [-0.4, -0.2) is 17.4 Å². The quantitative estimate of drug-likeness (QED) is 0.611. The van der Waals surface area contributed by atoms with Gasteiger partial charge in [-0.05, 0) is 12.5 Å². The molecule has 0 radical (unpaired) electrons. The Labute approximate surface area is 87.8 Å². The van der Waals surface area contributed by atoms with Gasteiger partial charge in [-0.1, -0.05) is 17.7 Å². The molecule has 0 aliphatic carbocycles. The lowest BCUT2D eigenvalue weighted by Crippen LogP contribution is -2.24.